The molecule has 0 aliphatic heterocycles. The minimum absolute atomic E-state index is 0.355. The van der Waals surface area contributed by atoms with E-state index in [1.165, 1.54) is 101 Å². The topological polar surface area (TPSA) is 20.2 Å². The second kappa shape index (κ2) is 15.8. The summed E-state index contributed by atoms with van der Waals surface area (Å²) in [5.41, 5.74) is 0. The molecule has 0 aliphatic rings. The van der Waals surface area contributed by atoms with Gasteiger partial charge in [-0.2, -0.15) is 0 Å². The van der Waals surface area contributed by atoms with Crippen molar-refractivity contribution in [2.45, 2.75) is 97.3 Å². The molecule has 0 aromatic rings. The molecule has 0 rings (SSSR count). The Morgan fingerprint density at radius 3 is 1.32 bits per heavy atom. The molecule has 1 unspecified atom stereocenters. The van der Waals surface area contributed by atoms with Crippen LogP contribution in [-0.2, 0) is 0 Å². The first-order valence-electron chi connectivity index (χ1n) is 10.1. The summed E-state index contributed by atoms with van der Waals surface area (Å²) >= 11 is 0. The fraction of sp³-hybridized carbons (Fsp3) is 1.00. The molecule has 134 valence electrons. The smallest absolute Gasteiger partial charge is 0.0785 e. The van der Waals surface area contributed by atoms with E-state index >= 15 is 0 Å². The number of nitrogens with zero attached hydrogens (tertiary/aromatic N) is 1. The Labute approximate surface area is 140 Å². The van der Waals surface area contributed by atoms with Gasteiger partial charge in [0, 0.05) is 6.61 Å². The van der Waals surface area contributed by atoms with Crippen molar-refractivity contribution in [3.05, 3.63) is 0 Å². The van der Waals surface area contributed by atoms with E-state index in [9.17, 15) is 0 Å². The minimum atomic E-state index is 0.355. The van der Waals surface area contributed by atoms with Gasteiger partial charge in [0.2, 0.25) is 0 Å². The lowest BCUT2D eigenvalue weighted by Gasteiger charge is -2.35. The normalized spacial score (nSPS) is 14.2. The molecule has 0 heterocycles. The van der Waals surface area contributed by atoms with Gasteiger partial charge in [-0.25, -0.2) is 0 Å². The van der Waals surface area contributed by atoms with Gasteiger partial charge in [-0.1, -0.05) is 58.8 Å². The third kappa shape index (κ3) is 13.6. The molecule has 2 nitrogen and oxygen atoms in total. The maximum absolute atomic E-state index is 9.03. The van der Waals surface area contributed by atoms with E-state index in [-0.39, 0.29) is 0 Å². The highest BCUT2D eigenvalue weighted by Crippen LogP contribution is 2.14. The number of quaternary nitrogens is 1. The maximum Gasteiger partial charge on any atom is 0.0785 e. The summed E-state index contributed by atoms with van der Waals surface area (Å²) in [5, 5.41) is 9.03. The van der Waals surface area contributed by atoms with Gasteiger partial charge in [-0.3, -0.25) is 0 Å². The number of aliphatic hydroxyl groups is 1. The van der Waals surface area contributed by atoms with Gasteiger partial charge >= 0.3 is 0 Å². The van der Waals surface area contributed by atoms with Crippen molar-refractivity contribution in [2.24, 2.45) is 0 Å². The molecule has 0 radical (unpaired) electrons. The van der Waals surface area contributed by atoms with Gasteiger partial charge in [0.1, 0.15) is 0 Å². The third-order valence-corrected chi connectivity index (χ3v) is 4.96. The molecular formula is C20H44NO+. The zero-order valence-corrected chi connectivity index (χ0v) is 15.9. The van der Waals surface area contributed by atoms with Crippen LogP contribution in [0.15, 0.2) is 0 Å². The molecule has 2 heteroatoms. The van der Waals surface area contributed by atoms with E-state index in [0.717, 1.165) is 6.42 Å². The molecule has 1 N–H and O–H groups in total. The van der Waals surface area contributed by atoms with E-state index in [1.54, 1.807) is 0 Å². The number of rotatable bonds is 17. The summed E-state index contributed by atoms with van der Waals surface area (Å²) in [6.45, 7) is 8.85. The summed E-state index contributed by atoms with van der Waals surface area (Å²) in [4.78, 5) is 0. The summed E-state index contributed by atoms with van der Waals surface area (Å²) in [5.74, 6) is 0. The van der Waals surface area contributed by atoms with Gasteiger partial charge in [0.25, 0.3) is 0 Å². The summed E-state index contributed by atoms with van der Waals surface area (Å²) < 4.78 is 1.24. The van der Waals surface area contributed by atoms with Gasteiger partial charge in [-0.15, -0.1) is 0 Å². The molecule has 0 saturated heterocycles. The Morgan fingerprint density at radius 2 is 0.909 bits per heavy atom. The molecule has 0 aromatic heterocycles. The van der Waals surface area contributed by atoms with Crippen LogP contribution in [0.4, 0.5) is 0 Å². The molecule has 0 aliphatic carbocycles. The highest BCUT2D eigenvalue weighted by atomic mass is 16.2. The van der Waals surface area contributed by atoms with Gasteiger partial charge in [0.15, 0.2) is 0 Å². The second-order valence-electron chi connectivity index (χ2n) is 7.40. The fourth-order valence-electron chi connectivity index (χ4n) is 3.31. The molecule has 0 aromatic carbocycles. The number of hydrogen-bond donors (Lipinski definition) is 1. The van der Waals surface area contributed by atoms with Gasteiger partial charge in [0.05, 0.1) is 26.7 Å². The van der Waals surface area contributed by atoms with E-state index in [4.69, 9.17) is 5.11 Å². The van der Waals surface area contributed by atoms with Crippen LogP contribution < -0.4 is 0 Å². The Kier molecular flexibility index (Phi) is 15.7. The van der Waals surface area contributed by atoms with Crippen LogP contribution in [0.5, 0.6) is 0 Å². The van der Waals surface area contributed by atoms with Crippen LogP contribution in [0, 0.1) is 0 Å². The Bertz CT molecular complexity index is 220. The van der Waals surface area contributed by atoms with Crippen LogP contribution in [0.2, 0.25) is 0 Å². The molecule has 0 spiro atoms. The Morgan fingerprint density at radius 1 is 0.545 bits per heavy atom. The van der Waals surface area contributed by atoms with Crippen molar-refractivity contribution in [3.8, 4) is 0 Å². The second-order valence-corrected chi connectivity index (χ2v) is 7.40. The van der Waals surface area contributed by atoms with Gasteiger partial charge < -0.3 is 9.59 Å². The van der Waals surface area contributed by atoms with Crippen LogP contribution in [0.25, 0.3) is 0 Å². The van der Waals surface area contributed by atoms with Crippen LogP contribution >= 0.6 is 0 Å². The SMILES string of the molecule is CCCCCCCC[N+](C)(CCCCO)CCCCCCC. The molecule has 0 bridgehead atoms. The molecule has 0 amide bonds. The molecule has 1 atom stereocenters. The first-order chi connectivity index (χ1) is 10.7. The van der Waals surface area contributed by atoms with Gasteiger partial charge in [-0.05, 0) is 38.5 Å². The predicted octanol–water partition coefficient (Wildman–Crippen LogP) is 5.54. The monoisotopic (exact) mass is 314 g/mol. The highest BCUT2D eigenvalue weighted by Gasteiger charge is 2.19. The van der Waals surface area contributed by atoms with E-state index in [1.807, 2.05) is 0 Å². The quantitative estimate of drug-likeness (QED) is 0.276. The van der Waals surface area contributed by atoms with E-state index in [2.05, 4.69) is 20.9 Å². The van der Waals surface area contributed by atoms with Crippen molar-refractivity contribution in [2.75, 3.05) is 33.3 Å². The van der Waals surface area contributed by atoms with Crippen LogP contribution in [0.1, 0.15) is 97.3 Å². The lowest BCUT2D eigenvalue weighted by Crippen LogP contribution is -2.46. The zero-order chi connectivity index (χ0) is 16.5. The number of aliphatic hydroxyl groups excluding tert-OH is 1. The standard InChI is InChI=1S/C20H44NO/c1-4-6-8-10-12-14-18-21(3,19-15-16-20-22)17-13-11-9-7-5-2/h22H,4-20H2,1-3H3/q+1. The zero-order valence-electron chi connectivity index (χ0n) is 15.9. The van der Waals surface area contributed by atoms with Crippen molar-refractivity contribution >= 4 is 0 Å². The molecule has 0 saturated carbocycles. The lowest BCUT2D eigenvalue weighted by atomic mass is 10.1. The largest absolute Gasteiger partial charge is 0.396 e. The third-order valence-electron chi connectivity index (χ3n) is 4.96. The molecule has 22 heavy (non-hydrogen) atoms. The summed E-state index contributed by atoms with van der Waals surface area (Å²) in [6.07, 6.45) is 17.4. The fourth-order valence-corrected chi connectivity index (χ4v) is 3.31. The first kappa shape index (κ1) is 21.9. The molecule has 0 fully saturated rings. The van der Waals surface area contributed by atoms with E-state index in [0.29, 0.717) is 6.61 Å². The van der Waals surface area contributed by atoms with Crippen LogP contribution in [-0.4, -0.2) is 42.9 Å². The average molecular weight is 315 g/mol. The summed E-state index contributed by atoms with van der Waals surface area (Å²) in [6, 6.07) is 0. The Balaban J connectivity index is 3.93. The lowest BCUT2D eigenvalue weighted by molar-refractivity contribution is -0.910. The minimum Gasteiger partial charge on any atom is -0.396 e. The van der Waals surface area contributed by atoms with Crippen LogP contribution in [0.3, 0.4) is 0 Å². The number of unbranched alkanes of at least 4 members (excludes halogenated alkanes) is 10. The summed E-state index contributed by atoms with van der Waals surface area (Å²) in [7, 11) is 2.45. The Hall–Kier alpha value is -0.0800. The predicted molar refractivity (Wildman–Crippen MR) is 99.2 cm³/mol. The van der Waals surface area contributed by atoms with Crippen molar-refractivity contribution in [3.63, 3.8) is 0 Å². The number of hydrogen-bond acceptors (Lipinski definition) is 1. The molecular weight excluding hydrogens is 270 g/mol. The first-order valence-corrected chi connectivity index (χ1v) is 10.1. The van der Waals surface area contributed by atoms with E-state index < -0.39 is 0 Å². The highest BCUT2D eigenvalue weighted by molar-refractivity contribution is 4.49. The average Bonchev–Trinajstić information content (AvgIpc) is 2.51. The maximum atomic E-state index is 9.03. The van der Waals surface area contributed by atoms with Crippen molar-refractivity contribution in [1.82, 2.24) is 0 Å². The van der Waals surface area contributed by atoms with Crippen molar-refractivity contribution in [1.29, 1.82) is 0 Å². The van der Waals surface area contributed by atoms with Crippen molar-refractivity contribution < 1.29 is 9.59 Å².